The Morgan fingerprint density at radius 3 is 2.78 bits per heavy atom. The number of hydrogen-bond acceptors (Lipinski definition) is 8. The standard InChI is InChI=1S/C18H15N5O3S/c1-10-12(5-19)17(21)23-18(13(10)6-20)27-8-16(24)22-7-11-2-3-14-15(4-11)26-9-25-14/h2-4H,7-9H2,1H3,(H2,21,23)(H,22,24). The zero-order valence-corrected chi connectivity index (χ0v) is 15.2. The zero-order valence-electron chi connectivity index (χ0n) is 14.4. The highest BCUT2D eigenvalue weighted by molar-refractivity contribution is 8.00. The van der Waals surface area contributed by atoms with E-state index in [9.17, 15) is 10.1 Å². The van der Waals surface area contributed by atoms with E-state index in [2.05, 4.69) is 10.3 Å². The second kappa shape index (κ2) is 7.85. The van der Waals surface area contributed by atoms with E-state index in [-0.39, 0.29) is 35.4 Å². The molecule has 0 bridgehead atoms. The summed E-state index contributed by atoms with van der Waals surface area (Å²) in [6, 6.07) is 9.42. The van der Waals surface area contributed by atoms with Crippen molar-refractivity contribution in [2.75, 3.05) is 18.3 Å². The summed E-state index contributed by atoms with van der Waals surface area (Å²) in [5, 5.41) is 21.6. The predicted molar refractivity (Wildman–Crippen MR) is 98.0 cm³/mol. The van der Waals surface area contributed by atoms with Crippen LogP contribution in [0.15, 0.2) is 23.2 Å². The minimum absolute atomic E-state index is 0.0530. The molecule has 0 saturated carbocycles. The van der Waals surface area contributed by atoms with Gasteiger partial charge in [0.2, 0.25) is 12.7 Å². The number of nitrogens with one attached hydrogen (secondary N) is 1. The Bertz CT molecular complexity index is 994. The Hall–Kier alpha value is -3.43. The van der Waals surface area contributed by atoms with E-state index >= 15 is 0 Å². The van der Waals surface area contributed by atoms with Gasteiger partial charge in [-0.05, 0) is 30.2 Å². The van der Waals surface area contributed by atoms with Crippen LogP contribution in [0.4, 0.5) is 5.82 Å². The van der Waals surface area contributed by atoms with Crippen molar-refractivity contribution in [2.45, 2.75) is 18.5 Å². The highest BCUT2D eigenvalue weighted by Gasteiger charge is 2.17. The number of nitrogen functional groups attached to an aromatic ring is 1. The molecule has 3 rings (SSSR count). The van der Waals surface area contributed by atoms with Crippen molar-refractivity contribution in [2.24, 2.45) is 0 Å². The SMILES string of the molecule is Cc1c(C#N)c(N)nc(SCC(=O)NCc2ccc3c(c2)OCO3)c1C#N. The van der Waals surface area contributed by atoms with E-state index in [0.717, 1.165) is 17.3 Å². The second-order valence-corrected chi connectivity index (χ2v) is 6.62. The number of pyridine rings is 1. The van der Waals surface area contributed by atoms with Crippen LogP contribution in [0.3, 0.4) is 0 Å². The van der Waals surface area contributed by atoms with Crippen LogP contribution < -0.4 is 20.5 Å². The number of nitriles is 2. The summed E-state index contributed by atoms with van der Waals surface area (Å²) in [5.41, 5.74) is 7.55. The summed E-state index contributed by atoms with van der Waals surface area (Å²) >= 11 is 1.10. The molecule has 0 radical (unpaired) electrons. The number of rotatable bonds is 5. The number of nitrogens with two attached hydrogens (primary N) is 1. The molecule has 136 valence electrons. The molecule has 1 amide bonds. The molecule has 9 heteroatoms. The minimum Gasteiger partial charge on any atom is -0.454 e. The second-order valence-electron chi connectivity index (χ2n) is 5.65. The van der Waals surface area contributed by atoms with Crippen molar-refractivity contribution in [3.05, 3.63) is 40.5 Å². The maximum Gasteiger partial charge on any atom is 0.231 e. The van der Waals surface area contributed by atoms with Gasteiger partial charge in [0.05, 0.1) is 16.9 Å². The topological polar surface area (TPSA) is 134 Å². The summed E-state index contributed by atoms with van der Waals surface area (Å²) in [4.78, 5) is 16.2. The Balaban J connectivity index is 1.61. The largest absolute Gasteiger partial charge is 0.454 e. The van der Waals surface area contributed by atoms with E-state index in [1.165, 1.54) is 0 Å². The molecule has 2 heterocycles. The first kappa shape index (κ1) is 18.4. The van der Waals surface area contributed by atoms with E-state index in [1.54, 1.807) is 13.0 Å². The van der Waals surface area contributed by atoms with Gasteiger partial charge in [-0.15, -0.1) is 0 Å². The Labute approximate surface area is 159 Å². The lowest BCUT2D eigenvalue weighted by atomic mass is 10.1. The average Bonchev–Trinajstić information content (AvgIpc) is 3.12. The molecular weight excluding hydrogens is 366 g/mol. The fourth-order valence-corrected chi connectivity index (χ4v) is 3.39. The third kappa shape index (κ3) is 3.89. The van der Waals surface area contributed by atoms with Crippen molar-refractivity contribution in [1.29, 1.82) is 10.5 Å². The third-order valence-electron chi connectivity index (χ3n) is 3.93. The molecule has 8 nitrogen and oxygen atoms in total. The maximum atomic E-state index is 12.1. The van der Waals surface area contributed by atoms with Gasteiger partial charge in [0.15, 0.2) is 11.5 Å². The van der Waals surface area contributed by atoms with E-state index < -0.39 is 0 Å². The number of carbonyl (C=O) groups excluding carboxylic acids is 1. The van der Waals surface area contributed by atoms with E-state index in [4.69, 9.17) is 20.5 Å². The number of ether oxygens (including phenoxy) is 2. The number of anilines is 1. The number of carbonyl (C=O) groups is 1. The monoisotopic (exact) mass is 381 g/mol. The van der Waals surface area contributed by atoms with Crippen LogP contribution in [-0.4, -0.2) is 23.4 Å². The van der Waals surface area contributed by atoms with Gasteiger partial charge in [-0.3, -0.25) is 4.79 Å². The van der Waals surface area contributed by atoms with Crippen molar-refractivity contribution in [3.63, 3.8) is 0 Å². The number of hydrogen-bond donors (Lipinski definition) is 2. The lowest BCUT2D eigenvalue weighted by Gasteiger charge is -2.10. The Morgan fingerprint density at radius 2 is 2.04 bits per heavy atom. The van der Waals surface area contributed by atoms with Crippen molar-refractivity contribution in [1.82, 2.24) is 10.3 Å². The van der Waals surface area contributed by atoms with Crippen molar-refractivity contribution in [3.8, 4) is 23.6 Å². The summed E-state index contributed by atoms with van der Waals surface area (Å²) in [6.07, 6.45) is 0. The molecule has 0 saturated heterocycles. The first-order chi connectivity index (χ1) is 13.0. The predicted octanol–water partition coefficient (Wildman–Crippen LogP) is 1.85. The third-order valence-corrected chi connectivity index (χ3v) is 4.91. The van der Waals surface area contributed by atoms with Crippen LogP contribution in [0, 0.1) is 29.6 Å². The van der Waals surface area contributed by atoms with Crippen LogP contribution in [0.1, 0.15) is 22.3 Å². The molecule has 0 spiro atoms. The highest BCUT2D eigenvalue weighted by Crippen LogP contribution is 2.32. The maximum absolute atomic E-state index is 12.1. The smallest absolute Gasteiger partial charge is 0.231 e. The van der Waals surface area contributed by atoms with Gasteiger partial charge in [0.1, 0.15) is 23.0 Å². The first-order valence-corrected chi connectivity index (χ1v) is 8.90. The lowest BCUT2D eigenvalue weighted by molar-refractivity contribution is -0.118. The molecular formula is C18H15N5O3S. The number of amides is 1. The van der Waals surface area contributed by atoms with Crippen LogP contribution in [-0.2, 0) is 11.3 Å². The summed E-state index contributed by atoms with van der Waals surface area (Å²) < 4.78 is 10.6. The van der Waals surface area contributed by atoms with Gasteiger partial charge < -0.3 is 20.5 Å². The molecule has 0 unspecified atom stereocenters. The van der Waals surface area contributed by atoms with Crippen LogP contribution in [0.25, 0.3) is 0 Å². The van der Waals surface area contributed by atoms with Gasteiger partial charge in [0.25, 0.3) is 0 Å². The summed E-state index contributed by atoms with van der Waals surface area (Å²) in [5.74, 6) is 1.24. The average molecular weight is 381 g/mol. The van der Waals surface area contributed by atoms with Gasteiger partial charge in [-0.1, -0.05) is 17.8 Å². The Morgan fingerprint density at radius 1 is 1.30 bits per heavy atom. The van der Waals surface area contributed by atoms with Crippen molar-refractivity contribution >= 4 is 23.5 Å². The van der Waals surface area contributed by atoms with Gasteiger partial charge in [-0.25, -0.2) is 4.98 Å². The number of thioether (sulfide) groups is 1. The molecule has 0 atom stereocenters. The quantitative estimate of drug-likeness (QED) is 0.749. The van der Waals surface area contributed by atoms with Crippen LogP contribution >= 0.6 is 11.8 Å². The number of nitrogens with zero attached hydrogens (tertiary/aromatic N) is 3. The van der Waals surface area contributed by atoms with Crippen LogP contribution in [0.5, 0.6) is 11.5 Å². The van der Waals surface area contributed by atoms with E-state index in [0.29, 0.717) is 28.6 Å². The number of fused-ring (bicyclic) bond motifs is 1. The molecule has 27 heavy (non-hydrogen) atoms. The van der Waals surface area contributed by atoms with Gasteiger partial charge >= 0.3 is 0 Å². The molecule has 0 fully saturated rings. The molecule has 0 aliphatic carbocycles. The fourth-order valence-electron chi connectivity index (χ4n) is 2.51. The minimum atomic E-state index is -0.219. The molecule has 1 aliphatic rings. The number of aromatic nitrogens is 1. The van der Waals surface area contributed by atoms with Gasteiger partial charge in [-0.2, -0.15) is 10.5 Å². The van der Waals surface area contributed by atoms with E-state index in [1.807, 2.05) is 24.3 Å². The lowest BCUT2D eigenvalue weighted by Crippen LogP contribution is -2.24. The molecule has 1 aromatic heterocycles. The van der Waals surface area contributed by atoms with Crippen LogP contribution in [0.2, 0.25) is 0 Å². The zero-order chi connectivity index (χ0) is 19.4. The highest BCUT2D eigenvalue weighted by atomic mass is 32.2. The summed E-state index contributed by atoms with van der Waals surface area (Å²) in [6.45, 7) is 2.17. The molecule has 2 aromatic rings. The number of benzene rings is 1. The molecule has 3 N–H and O–H groups in total. The normalized spacial score (nSPS) is 11.5. The Kier molecular flexibility index (Phi) is 5.34. The first-order valence-electron chi connectivity index (χ1n) is 7.91. The van der Waals surface area contributed by atoms with Gasteiger partial charge in [0, 0.05) is 6.54 Å². The molecule has 1 aliphatic heterocycles. The summed E-state index contributed by atoms with van der Waals surface area (Å²) in [7, 11) is 0. The fraction of sp³-hybridized carbons (Fsp3) is 0.222. The molecule has 1 aromatic carbocycles. The van der Waals surface area contributed by atoms with Crippen molar-refractivity contribution < 1.29 is 14.3 Å².